The fourth-order valence-corrected chi connectivity index (χ4v) is 3.00. The van der Waals surface area contributed by atoms with Crippen LogP contribution in [0.1, 0.15) is 25.8 Å². The van der Waals surface area contributed by atoms with Crippen molar-refractivity contribution in [2.45, 2.75) is 26.8 Å². The molecule has 0 aliphatic heterocycles. The van der Waals surface area contributed by atoms with Gasteiger partial charge >= 0.3 is 0 Å². The molecule has 0 unspecified atom stereocenters. The number of fused-ring (bicyclic) bond motifs is 1. The topological polar surface area (TPSA) is 105 Å². The third kappa shape index (κ3) is 4.28. The molecule has 2 aromatic carbocycles. The maximum absolute atomic E-state index is 11.5. The molecule has 0 bridgehead atoms. The molecule has 8 heteroatoms. The van der Waals surface area contributed by atoms with Gasteiger partial charge in [-0.05, 0) is 31.0 Å². The molecule has 0 fully saturated rings. The van der Waals surface area contributed by atoms with Gasteiger partial charge in [0.15, 0.2) is 0 Å². The quantitative estimate of drug-likeness (QED) is 0.373. The Bertz CT molecular complexity index is 976. The SMILES string of the molecule is CCCNc1ccccc1CNc1ncnc2cc(NCC)c([N+](=O)[O-])cc12. The molecule has 0 saturated heterocycles. The Morgan fingerprint density at radius 3 is 2.61 bits per heavy atom. The first-order chi connectivity index (χ1) is 13.6. The average Bonchev–Trinajstić information content (AvgIpc) is 2.70. The minimum Gasteiger partial charge on any atom is -0.385 e. The molecule has 3 N–H and O–H groups in total. The predicted molar refractivity (Wildman–Crippen MR) is 113 cm³/mol. The maximum atomic E-state index is 11.5. The molecule has 1 aromatic heterocycles. The Hall–Kier alpha value is -3.42. The second-order valence-electron chi connectivity index (χ2n) is 6.33. The summed E-state index contributed by atoms with van der Waals surface area (Å²) < 4.78 is 0. The highest BCUT2D eigenvalue weighted by Gasteiger charge is 2.17. The molecule has 146 valence electrons. The minimum absolute atomic E-state index is 0.0113. The van der Waals surface area contributed by atoms with Crippen LogP contribution in [0.3, 0.4) is 0 Å². The van der Waals surface area contributed by atoms with Gasteiger partial charge in [0.2, 0.25) is 0 Å². The second kappa shape index (κ2) is 8.98. The minimum atomic E-state index is -0.391. The second-order valence-corrected chi connectivity index (χ2v) is 6.33. The third-order valence-corrected chi connectivity index (χ3v) is 4.35. The van der Waals surface area contributed by atoms with E-state index in [2.05, 4.69) is 32.8 Å². The van der Waals surface area contributed by atoms with E-state index in [0.29, 0.717) is 35.5 Å². The summed E-state index contributed by atoms with van der Waals surface area (Å²) >= 11 is 0. The van der Waals surface area contributed by atoms with Gasteiger partial charge in [-0.3, -0.25) is 10.1 Å². The lowest BCUT2D eigenvalue weighted by atomic mass is 10.1. The van der Waals surface area contributed by atoms with Crippen LogP contribution in [-0.4, -0.2) is 28.0 Å². The van der Waals surface area contributed by atoms with E-state index < -0.39 is 4.92 Å². The van der Waals surface area contributed by atoms with Crippen molar-refractivity contribution in [2.24, 2.45) is 0 Å². The van der Waals surface area contributed by atoms with Gasteiger partial charge in [-0.2, -0.15) is 0 Å². The number of hydrogen-bond acceptors (Lipinski definition) is 7. The zero-order valence-electron chi connectivity index (χ0n) is 16.0. The number of nitro groups is 1. The van der Waals surface area contributed by atoms with E-state index >= 15 is 0 Å². The van der Waals surface area contributed by atoms with Gasteiger partial charge in [-0.25, -0.2) is 9.97 Å². The van der Waals surface area contributed by atoms with Crippen LogP contribution in [0.25, 0.3) is 10.9 Å². The summed E-state index contributed by atoms with van der Waals surface area (Å²) in [6, 6.07) is 11.3. The summed E-state index contributed by atoms with van der Waals surface area (Å²) in [5.41, 5.74) is 3.28. The Kier molecular flexibility index (Phi) is 6.21. The summed E-state index contributed by atoms with van der Waals surface area (Å²) in [5, 5.41) is 21.8. The molecule has 3 rings (SSSR count). The standard InChI is InChI=1S/C20H24N6O2/c1-3-9-22-16-8-6-5-7-14(16)12-23-20-15-10-19(26(27)28)18(21-4-2)11-17(15)24-13-25-20/h5-8,10-11,13,21-22H,3-4,9,12H2,1-2H3,(H,23,24,25). The molecule has 0 radical (unpaired) electrons. The lowest BCUT2D eigenvalue weighted by Crippen LogP contribution is -2.08. The fourth-order valence-electron chi connectivity index (χ4n) is 3.00. The first-order valence-corrected chi connectivity index (χ1v) is 9.36. The monoisotopic (exact) mass is 380 g/mol. The zero-order valence-corrected chi connectivity index (χ0v) is 16.0. The predicted octanol–water partition coefficient (Wildman–Crippen LogP) is 4.40. The molecule has 0 spiro atoms. The van der Waals surface area contributed by atoms with Crippen molar-refractivity contribution in [3.8, 4) is 0 Å². The molecular weight excluding hydrogens is 356 g/mol. The Balaban J connectivity index is 1.92. The number of rotatable bonds is 9. The number of nitrogens with one attached hydrogen (secondary N) is 3. The highest BCUT2D eigenvalue weighted by atomic mass is 16.6. The zero-order chi connectivity index (χ0) is 19.9. The van der Waals surface area contributed by atoms with Crippen molar-refractivity contribution in [1.82, 2.24) is 9.97 Å². The van der Waals surface area contributed by atoms with Gasteiger partial charge in [0, 0.05) is 36.8 Å². The van der Waals surface area contributed by atoms with Crippen LogP contribution in [0, 0.1) is 10.1 Å². The first kappa shape index (κ1) is 19.3. The van der Waals surface area contributed by atoms with Crippen molar-refractivity contribution in [1.29, 1.82) is 0 Å². The first-order valence-electron chi connectivity index (χ1n) is 9.36. The van der Waals surface area contributed by atoms with Crippen LogP contribution < -0.4 is 16.0 Å². The van der Waals surface area contributed by atoms with Gasteiger partial charge in [-0.1, -0.05) is 25.1 Å². The summed E-state index contributed by atoms with van der Waals surface area (Å²) in [6.07, 6.45) is 2.50. The number of nitro benzene ring substituents is 1. The van der Waals surface area contributed by atoms with Crippen molar-refractivity contribution < 1.29 is 4.92 Å². The average molecular weight is 380 g/mol. The van der Waals surface area contributed by atoms with E-state index in [-0.39, 0.29) is 5.69 Å². The van der Waals surface area contributed by atoms with Gasteiger partial charge in [0.05, 0.1) is 10.4 Å². The van der Waals surface area contributed by atoms with Gasteiger partial charge in [-0.15, -0.1) is 0 Å². The summed E-state index contributed by atoms with van der Waals surface area (Å²) in [6.45, 7) is 6.04. The van der Waals surface area contributed by atoms with Gasteiger partial charge in [0.1, 0.15) is 17.8 Å². The fraction of sp³-hybridized carbons (Fsp3) is 0.300. The van der Waals surface area contributed by atoms with Crippen LogP contribution in [0.4, 0.5) is 22.9 Å². The van der Waals surface area contributed by atoms with E-state index in [4.69, 9.17) is 0 Å². The third-order valence-electron chi connectivity index (χ3n) is 4.35. The van der Waals surface area contributed by atoms with Crippen LogP contribution in [-0.2, 0) is 6.54 Å². The van der Waals surface area contributed by atoms with Crippen LogP contribution in [0.2, 0.25) is 0 Å². The van der Waals surface area contributed by atoms with E-state index in [1.807, 2.05) is 31.2 Å². The van der Waals surface area contributed by atoms with E-state index in [0.717, 1.165) is 24.2 Å². The molecule has 0 aliphatic carbocycles. The van der Waals surface area contributed by atoms with Crippen molar-refractivity contribution in [2.75, 3.05) is 29.0 Å². The molecule has 0 atom stereocenters. The maximum Gasteiger partial charge on any atom is 0.293 e. The number of benzene rings is 2. The molecule has 28 heavy (non-hydrogen) atoms. The van der Waals surface area contributed by atoms with Crippen LogP contribution >= 0.6 is 0 Å². The Labute approximate surface area is 163 Å². The van der Waals surface area contributed by atoms with E-state index in [1.54, 1.807) is 6.07 Å². The largest absolute Gasteiger partial charge is 0.385 e. The highest BCUT2D eigenvalue weighted by molar-refractivity contribution is 5.94. The lowest BCUT2D eigenvalue weighted by Gasteiger charge is -2.14. The molecular formula is C20H24N6O2. The summed E-state index contributed by atoms with van der Waals surface area (Å²) in [4.78, 5) is 19.7. The van der Waals surface area contributed by atoms with Gasteiger partial charge < -0.3 is 16.0 Å². The Morgan fingerprint density at radius 2 is 1.86 bits per heavy atom. The molecule has 3 aromatic rings. The number of hydrogen-bond donors (Lipinski definition) is 3. The Morgan fingerprint density at radius 1 is 1.04 bits per heavy atom. The summed E-state index contributed by atoms with van der Waals surface area (Å²) in [7, 11) is 0. The van der Waals surface area contributed by atoms with Crippen molar-refractivity contribution in [3.63, 3.8) is 0 Å². The van der Waals surface area contributed by atoms with E-state index in [1.165, 1.54) is 12.4 Å². The van der Waals surface area contributed by atoms with Gasteiger partial charge in [0.25, 0.3) is 5.69 Å². The highest BCUT2D eigenvalue weighted by Crippen LogP contribution is 2.32. The number of aromatic nitrogens is 2. The molecule has 0 aliphatic rings. The molecule has 8 nitrogen and oxygen atoms in total. The number of anilines is 3. The molecule has 1 heterocycles. The lowest BCUT2D eigenvalue weighted by molar-refractivity contribution is -0.383. The smallest absolute Gasteiger partial charge is 0.293 e. The number of nitrogens with zero attached hydrogens (tertiary/aromatic N) is 3. The summed E-state index contributed by atoms with van der Waals surface area (Å²) in [5.74, 6) is 0.571. The molecule has 0 amide bonds. The van der Waals surface area contributed by atoms with Crippen molar-refractivity contribution in [3.05, 3.63) is 58.4 Å². The van der Waals surface area contributed by atoms with E-state index in [9.17, 15) is 10.1 Å². The van der Waals surface area contributed by atoms with Crippen molar-refractivity contribution >= 4 is 33.8 Å². The number of para-hydroxylation sites is 1. The van der Waals surface area contributed by atoms with Crippen LogP contribution in [0.15, 0.2) is 42.7 Å². The normalized spacial score (nSPS) is 10.6. The van der Waals surface area contributed by atoms with Crippen LogP contribution in [0.5, 0.6) is 0 Å². The molecule has 0 saturated carbocycles.